The van der Waals surface area contributed by atoms with E-state index >= 15 is 0 Å². The van der Waals surface area contributed by atoms with Gasteiger partial charge < -0.3 is 20.1 Å². The molecule has 0 radical (unpaired) electrons. The summed E-state index contributed by atoms with van der Waals surface area (Å²) in [6.45, 7) is 8.77. The Balaban J connectivity index is 1.63. The summed E-state index contributed by atoms with van der Waals surface area (Å²) in [7, 11) is 0. The molecule has 1 saturated heterocycles. The Morgan fingerprint density at radius 3 is 2.30 bits per heavy atom. The summed E-state index contributed by atoms with van der Waals surface area (Å²) in [5, 5.41) is 20.9. The van der Waals surface area contributed by atoms with Gasteiger partial charge in [0.2, 0.25) is 5.91 Å². The van der Waals surface area contributed by atoms with Crippen LogP contribution in [0, 0.1) is 17.2 Å². The van der Waals surface area contributed by atoms with E-state index in [9.17, 15) is 9.90 Å². The van der Waals surface area contributed by atoms with Gasteiger partial charge in [0.05, 0.1) is 12.7 Å². The van der Waals surface area contributed by atoms with Gasteiger partial charge >= 0.3 is 0 Å². The molecular formula is C33H40N4O3. The second kappa shape index (κ2) is 14.6. The van der Waals surface area contributed by atoms with Gasteiger partial charge in [0.25, 0.3) is 0 Å². The summed E-state index contributed by atoms with van der Waals surface area (Å²) in [6.07, 6.45) is -0.616. The Bertz CT molecular complexity index is 1250. The lowest BCUT2D eigenvalue weighted by atomic mass is 9.92. The van der Waals surface area contributed by atoms with Gasteiger partial charge in [-0.1, -0.05) is 80.6 Å². The van der Waals surface area contributed by atoms with Crippen LogP contribution in [0.25, 0.3) is 11.1 Å². The topological polar surface area (TPSA) is 88.8 Å². The summed E-state index contributed by atoms with van der Waals surface area (Å²) >= 11 is 0. The van der Waals surface area contributed by atoms with Crippen molar-refractivity contribution in [2.24, 2.45) is 5.92 Å². The van der Waals surface area contributed by atoms with Crippen LogP contribution in [-0.4, -0.2) is 67.9 Å². The fourth-order valence-electron chi connectivity index (χ4n) is 5.23. The minimum Gasteiger partial charge on any atom is -0.395 e. The van der Waals surface area contributed by atoms with Gasteiger partial charge in [-0.3, -0.25) is 9.69 Å². The van der Waals surface area contributed by atoms with Crippen LogP contribution >= 0.6 is 0 Å². The zero-order valence-corrected chi connectivity index (χ0v) is 23.5. The van der Waals surface area contributed by atoms with Crippen LogP contribution in [0.15, 0.2) is 78.9 Å². The summed E-state index contributed by atoms with van der Waals surface area (Å²) in [4.78, 5) is 17.7. The molecule has 1 amide bonds. The van der Waals surface area contributed by atoms with Crippen molar-refractivity contribution in [3.05, 3.63) is 90.0 Å². The number of carbonyl (C=O) groups excluding carboxylic acids is 1. The molecule has 7 heteroatoms. The molecule has 3 aromatic rings. The highest BCUT2D eigenvalue weighted by molar-refractivity contribution is 5.81. The lowest BCUT2D eigenvalue weighted by Crippen LogP contribution is -2.47. The first-order chi connectivity index (χ1) is 19.5. The van der Waals surface area contributed by atoms with Crippen LogP contribution in [0.5, 0.6) is 0 Å². The monoisotopic (exact) mass is 540 g/mol. The van der Waals surface area contributed by atoms with E-state index in [0.29, 0.717) is 6.42 Å². The number of anilines is 1. The van der Waals surface area contributed by atoms with Crippen LogP contribution < -0.4 is 10.2 Å². The highest BCUT2D eigenvalue weighted by Gasteiger charge is 2.28. The van der Waals surface area contributed by atoms with Gasteiger partial charge in [-0.15, -0.1) is 0 Å². The lowest BCUT2D eigenvalue weighted by Gasteiger charge is -2.35. The van der Waals surface area contributed by atoms with E-state index in [0.717, 1.165) is 55.0 Å². The number of β-amino-alcohol motifs (C(OH)–C–C–N with tert-alkyl or cyclic N) is 1. The number of aliphatic hydroxyl groups is 1. The SMILES string of the molecule is CC(C)C[C@H](O[C@H](c1ccccc1)c1ccccc1-c1ccc(N2CCN(CCO)CC2)cc1)C(=O)NCC#N. The highest BCUT2D eigenvalue weighted by atomic mass is 16.5. The average molecular weight is 541 g/mol. The van der Waals surface area contributed by atoms with Gasteiger partial charge in [-0.2, -0.15) is 5.26 Å². The van der Waals surface area contributed by atoms with E-state index in [-0.39, 0.29) is 25.0 Å². The summed E-state index contributed by atoms with van der Waals surface area (Å²) < 4.78 is 6.65. The number of rotatable bonds is 12. The maximum absolute atomic E-state index is 13.0. The van der Waals surface area contributed by atoms with Crippen LogP contribution in [0.2, 0.25) is 0 Å². The van der Waals surface area contributed by atoms with E-state index in [1.807, 2.05) is 48.5 Å². The molecule has 0 spiro atoms. The van der Waals surface area contributed by atoms with Crippen molar-refractivity contribution in [3.63, 3.8) is 0 Å². The maximum Gasteiger partial charge on any atom is 0.250 e. The zero-order valence-electron chi connectivity index (χ0n) is 23.5. The first-order valence-electron chi connectivity index (χ1n) is 14.1. The zero-order chi connectivity index (χ0) is 28.3. The minimum atomic E-state index is -0.696. The molecule has 2 N–H and O–H groups in total. The molecule has 1 aliphatic heterocycles. The summed E-state index contributed by atoms with van der Waals surface area (Å²) in [5.41, 5.74) is 5.27. The number of carbonyl (C=O) groups is 1. The fraction of sp³-hybridized carbons (Fsp3) is 0.394. The number of nitriles is 1. The van der Waals surface area contributed by atoms with E-state index in [2.05, 4.69) is 65.4 Å². The quantitative estimate of drug-likeness (QED) is 0.326. The predicted molar refractivity (Wildman–Crippen MR) is 159 cm³/mol. The van der Waals surface area contributed by atoms with Crippen LogP contribution in [0.1, 0.15) is 37.5 Å². The largest absolute Gasteiger partial charge is 0.395 e. The second-order valence-corrected chi connectivity index (χ2v) is 10.6. The third-order valence-corrected chi connectivity index (χ3v) is 7.30. The number of benzene rings is 3. The molecule has 1 aliphatic rings. The maximum atomic E-state index is 13.0. The number of nitrogens with zero attached hydrogens (tertiary/aromatic N) is 3. The fourth-order valence-corrected chi connectivity index (χ4v) is 5.23. The summed E-state index contributed by atoms with van der Waals surface area (Å²) in [6, 6.07) is 28.8. The molecule has 0 aliphatic carbocycles. The van der Waals surface area contributed by atoms with E-state index in [1.165, 1.54) is 5.69 Å². The molecule has 210 valence electrons. The smallest absolute Gasteiger partial charge is 0.250 e. The minimum absolute atomic E-state index is 0.0494. The number of hydrogen-bond donors (Lipinski definition) is 2. The molecule has 4 rings (SSSR count). The van der Waals surface area contributed by atoms with Gasteiger partial charge in [0.1, 0.15) is 18.8 Å². The molecule has 3 aromatic carbocycles. The molecule has 0 aromatic heterocycles. The molecule has 7 nitrogen and oxygen atoms in total. The molecule has 1 fully saturated rings. The third kappa shape index (κ3) is 7.70. The van der Waals surface area contributed by atoms with Gasteiger partial charge in [-0.25, -0.2) is 0 Å². The number of ether oxygens (including phenoxy) is 1. The first kappa shape index (κ1) is 29.3. The Labute approximate surface area is 238 Å². The molecular weight excluding hydrogens is 500 g/mol. The third-order valence-electron chi connectivity index (χ3n) is 7.30. The van der Waals surface area contributed by atoms with Crippen molar-refractivity contribution in [2.75, 3.05) is 50.8 Å². The van der Waals surface area contributed by atoms with Gasteiger partial charge in [0, 0.05) is 38.4 Å². The van der Waals surface area contributed by atoms with Crippen molar-refractivity contribution >= 4 is 11.6 Å². The number of hydrogen-bond acceptors (Lipinski definition) is 6. The standard InChI is InChI=1S/C33H40N4O3/c1-25(2)24-31(33(39)35-17-16-34)40-32(27-8-4-3-5-9-27)30-11-7-6-10-29(30)26-12-14-28(15-13-26)37-20-18-36(19-21-37)22-23-38/h3-15,25,31-32,38H,17-24H2,1-2H3,(H,35,39)/t31-,32+/m0/s1. The molecule has 2 atom stereocenters. The van der Waals surface area contributed by atoms with E-state index in [1.54, 1.807) is 0 Å². The van der Waals surface area contributed by atoms with Gasteiger partial charge in [0.15, 0.2) is 0 Å². The molecule has 1 heterocycles. The normalized spacial score (nSPS) is 15.4. The highest BCUT2D eigenvalue weighted by Crippen LogP contribution is 2.36. The Morgan fingerprint density at radius 2 is 1.65 bits per heavy atom. The Hall–Kier alpha value is -3.70. The summed E-state index contributed by atoms with van der Waals surface area (Å²) in [5.74, 6) is -0.0281. The van der Waals surface area contributed by atoms with Crippen molar-refractivity contribution in [3.8, 4) is 17.2 Å². The first-order valence-corrected chi connectivity index (χ1v) is 14.1. The lowest BCUT2D eigenvalue weighted by molar-refractivity contribution is -0.136. The molecule has 40 heavy (non-hydrogen) atoms. The van der Waals surface area contributed by atoms with Gasteiger partial charge in [-0.05, 0) is 46.7 Å². The predicted octanol–water partition coefficient (Wildman–Crippen LogP) is 4.63. The van der Waals surface area contributed by atoms with Crippen molar-refractivity contribution in [2.45, 2.75) is 32.5 Å². The van der Waals surface area contributed by atoms with Crippen molar-refractivity contribution < 1.29 is 14.6 Å². The number of piperazine rings is 1. The van der Waals surface area contributed by atoms with Crippen LogP contribution in [0.4, 0.5) is 5.69 Å². The molecule has 0 saturated carbocycles. The van der Waals surface area contributed by atoms with E-state index in [4.69, 9.17) is 10.00 Å². The molecule has 0 unspecified atom stereocenters. The second-order valence-electron chi connectivity index (χ2n) is 10.6. The number of nitrogens with one attached hydrogen (secondary N) is 1. The van der Waals surface area contributed by atoms with Crippen LogP contribution in [-0.2, 0) is 9.53 Å². The molecule has 0 bridgehead atoms. The van der Waals surface area contributed by atoms with Crippen LogP contribution in [0.3, 0.4) is 0 Å². The number of aliphatic hydroxyl groups excluding tert-OH is 1. The average Bonchev–Trinajstić information content (AvgIpc) is 2.99. The number of amides is 1. The Kier molecular flexibility index (Phi) is 10.7. The van der Waals surface area contributed by atoms with Crippen molar-refractivity contribution in [1.82, 2.24) is 10.2 Å². The van der Waals surface area contributed by atoms with E-state index < -0.39 is 12.2 Å². The Morgan fingerprint density at radius 1 is 0.975 bits per heavy atom. The van der Waals surface area contributed by atoms with Crippen molar-refractivity contribution in [1.29, 1.82) is 5.26 Å².